The van der Waals surface area contributed by atoms with Crippen LogP contribution in [0, 0.1) is 0 Å². The summed E-state index contributed by atoms with van der Waals surface area (Å²) in [7, 11) is -9.68. The molecule has 8 rings (SSSR count). The first kappa shape index (κ1) is 41.9. The van der Waals surface area contributed by atoms with Crippen molar-refractivity contribution in [3.8, 4) is 0 Å². The Bertz CT molecular complexity index is 2910. The SMILES string of the molecule is O=S(=O)(O)c1cc(N=c2[nH]c(N3CCOCC3)nc(=Nc3ccccc3)[nH]2)ccc1/C=C/c1ccc(N=c2[nH]c(N3CCOCC3)nc(=Nc3ccccc3)[nH]2)cc1S(=O)(=O)O. The van der Waals surface area contributed by atoms with Crippen molar-refractivity contribution in [3.63, 3.8) is 0 Å². The number of aromatic nitrogens is 6. The molecule has 0 saturated carbocycles. The Morgan fingerprint density at radius 2 is 0.903 bits per heavy atom. The molecule has 0 spiro atoms. The van der Waals surface area contributed by atoms with Gasteiger partial charge in [0.25, 0.3) is 20.2 Å². The molecule has 320 valence electrons. The molecule has 0 unspecified atom stereocenters. The number of nitrogens with one attached hydrogen (secondary N) is 4. The Morgan fingerprint density at radius 1 is 0.516 bits per heavy atom. The molecular weight excluding hydrogens is 841 g/mol. The molecule has 0 atom stereocenters. The quantitative estimate of drug-likeness (QED) is 0.0856. The Labute approximate surface area is 354 Å². The van der Waals surface area contributed by atoms with Crippen molar-refractivity contribution in [3.05, 3.63) is 131 Å². The van der Waals surface area contributed by atoms with Gasteiger partial charge in [-0.3, -0.25) is 29.0 Å². The van der Waals surface area contributed by atoms with E-state index in [-0.39, 0.29) is 45.0 Å². The summed E-state index contributed by atoms with van der Waals surface area (Å²) in [6.45, 7) is 4.24. The molecule has 6 aromatic rings. The Hall–Kier alpha value is -6.82. The van der Waals surface area contributed by atoms with Crippen molar-refractivity contribution < 1.29 is 35.4 Å². The molecule has 2 aliphatic rings. The zero-order valence-corrected chi connectivity index (χ0v) is 34.4. The van der Waals surface area contributed by atoms with Gasteiger partial charge in [-0.1, -0.05) is 60.7 Å². The molecule has 0 bridgehead atoms. The van der Waals surface area contributed by atoms with Crippen molar-refractivity contribution in [2.45, 2.75) is 9.79 Å². The lowest BCUT2D eigenvalue weighted by Gasteiger charge is -2.26. The van der Waals surface area contributed by atoms with Gasteiger partial charge in [-0.15, -0.1) is 0 Å². The molecule has 22 heteroatoms. The minimum atomic E-state index is -4.84. The number of para-hydroxylation sites is 2. The molecular formula is C40H40N12O8S2. The first-order chi connectivity index (χ1) is 29.9. The zero-order chi connectivity index (χ0) is 43.1. The largest absolute Gasteiger partial charge is 0.378 e. The van der Waals surface area contributed by atoms with E-state index in [1.165, 1.54) is 36.4 Å². The monoisotopic (exact) mass is 880 g/mol. The number of H-pyrrole nitrogens is 4. The molecule has 0 aliphatic carbocycles. The number of nitrogens with zero attached hydrogens (tertiary/aromatic N) is 8. The van der Waals surface area contributed by atoms with E-state index < -0.39 is 30.0 Å². The zero-order valence-electron chi connectivity index (χ0n) is 32.8. The second-order valence-electron chi connectivity index (χ2n) is 13.8. The predicted molar refractivity (Wildman–Crippen MR) is 227 cm³/mol. The summed E-state index contributed by atoms with van der Waals surface area (Å²) in [4.78, 5) is 42.7. The van der Waals surface area contributed by atoms with Crippen LogP contribution in [0.3, 0.4) is 0 Å². The number of rotatable bonds is 10. The Balaban J connectivity index is 1.15. The van der Waals surface area contributed by atoms with Crippen LogP contribution in [0.2, 0.25) is 0 Å². The van der Waals surface area contributed by atoms with Crippen LogP contribution in [0.4, 0.5) is 34.6 Å². The molecule has 20 nitrogen and oxygen atoms in total. The van der Waals surface area contributed by atoms with Crippen LogP contribution in [0.1, 0.15) is 11.1 Å². The highest BCUT2D eigenvalue weighted by atomic mass is 32.2. The summed E-state index contributed by atoms with van der Waals surface area (Å²) in [6, 6.07) is 26.5. The maximum Gasteiger partial charge on any atom is 0.295 e. The van der Waals surface area contributed by atoms with Crippen LogP contribution in [0.25, 0.3) is 12.2 Å². The smallest absolute Gasteiger partial charge is 0.295 e. The van der Waals surface area contributed by atoms with E-state index in [0.29, 0.717) is 75.9 Å². The molecule has 2 saturated heterocycles. The number of hydrogen-bond acceptors (Lipinski definition) is 14. The van der Waals surface area contributed by atoms with Crippen LogP contribution in [-0.4, -0.2) is 108 Å². The summed E-state index contributed by atoms with van der Waals surface area (Å²) >= 11 is 0. The van der Waals surface area contributed by atoms with E-state index in [4.69, 9.17) is 9.47 Å². The van der Waals surface area contributed by atoms with Crippen LogP contribution < -0.4 is 32.3 Å². The summed E-state index contributed by atoms with van der Waals surface area (Å²) in [6.07, 6.45) is 2.59. The molecule has 4 aromatic carbocycles. The lowest BCUT2D eigenvalue weighted by atomic mass is 10.1. The molecule has 6 N–H and O–H groups in total. The lowest BCUT2D eigenvalue weighted by molar-refractivity contribution is 0.122. The first-order valence-electron chi connectivity index (χ1n) is 19.2. The molecule has 0 amide bonds. The highest BCUT2D eigenvalue weighted by Gasteiger charge is 2.19. The summed E-state index contributed by atoms with van der Waals surface area (Å²) in [5.41, 5.74) is 2.40. The second-order valence-corrected chi connectivity index (χ2v) is 16.5. The van der Waals surface area contributed by atoms with Gasteiger partial charge in [-0.05, 0) is 59.7 Å². The van der Waals surface area contributed by atoms with Gasteiger partial charge in [-0.25, -0.2) is 20.0 Å². The highest BCUT2D eigenvalue weighted by molar-refractivity contribution is 7.86. The van der Waals surface area contributed by atoms with E-state index in [9.17, 15) is 25.9 Å². The normalized spacial score (nSPS) is 16.4. The summed E-state index contributed by atoms with van der Waals surface area (Å²) in [5.74, 6) is 0.920. The van der Waals surface area contributed by atoms with E-state index in [0.717, 1.165) is 12.1 Å². The highest BCUT2D eigenvalue weighted by Crippen LogP contribution is 2.27. The third kappa shape index (κ3) is 10.7. The van der Waals surface area contributed by atoms with Crippen molar-refractivity contribution in [2.75, 3.05) is 62.4 Å². The van der Waals surface area contributed by atoms with E-state index in [2.05, 4.69) is 49.9 Å². The fraction of sp³-hybridized carbons (Fsp3) is 0.200. The van der Waals surface area contributed by atoms with Gasteiger partial charge in [-0.2, -0.15) is 26.8 Å². The van der Waals surface area contributed by atoms with Crippen molar-refractivity contribution in [1.29, 1.82) is 0 Å². The van der Waals surface area contributed by atoms with Gasteiger partial charge < -0.3 is 19.3 Å². The summed E-state index contributed by atoms with van der Waals surface area (Å²) < 4.78 is 82.5. The molecule has 0 radical (unpaired) electrons. The standard InChI is InChI=1S/C40H40N12O8S2/c53-61(54,55)33-25-31(43-37-45-35(41-29-7-3-1-4-8-29)47-39(49-37)51-17-21-59-22-18-51)15-13-27(33)11-12-28-14-16-32(26-34(28)62(56,57)58)44-38-46-36(42-30-9-5-2-6-10-30)48-40(50-38)52-19-23-60-24-20-52/h1-16,25-26H,17-24H2,(H,53,54,55)(H,56,57,58)(H2,41,43,45,47,49)(H2,42,44,46,48,50)/b12-11+. The third-order valence-corrected chi connectivity index (χ3v) is 11.2. The third-order valence-electron chi connectivity index (χ3n) is 9.42. The fourth-order valence-corrected chi connectivity index (χ4v) is 7.87. The van der Waals surface area contributed by atoms with Crippen LogP contribution in [-0.2, 0) is 29.7 Å². The molecule has 2 fully saturated rings. The lowest BCUT2D eigenvalue weighted by Crippen LogP contribution is -2.40. The Morgan fingerprint density at radius 3 is 1.27 bits per heavy atom. The molecule has 2 aliphatic heterocycles. The average molecular weight is 881 g/mol. The van der Waals surface area contributed by atoms with Gasteiger partial charge in [0, 0.05) is 26.2 Å². The minimum absolute atomic E-state index is 0.00397. The van der Waals surface area contributed by atoms with E-state index in [1.807, 2.05) is 70.5 Å². The van der Waals surface area contributed by atoms with Crippen LogP contribution >= 0.6 is 0 Å². The number of ether oxygens (including phenoxy) is 2. The van der Waals surface area contributed by atoms with Gasteiger partial charge >= 0.3 is 0 Å². The van der Waals surface area contributed by atoms with Gasteiger partial charge in [0.05, 0.1) is 49.2 Å². The second kappa shape index (κ2) is 18.4. The van der Waals surface area contributed by atoms with Crippen molar-refractivity contribution in [1.82, 2.24) is 29.9 Å². The number of aromatic amines is 4. The fourth-order valence-electron chi connectivity index (χ4n) is 6.46. The van der Waals surface area contributed by atoms with E-state index in [1.54, 1.807) is 0 Å². The number of anilines is 2. The predicted octanol–water partition coefficient (Wildman–Crippen LogP) is 3.06. The van der Waals surface area contributed by atoms with Crippen LogP contribution in [0.15, 0.2) is 127 Å². The number of benzene rings is 4. The van der Waals surface area contributed by atoms with Crippen LogP contribution in [0.5, 0.6) is 0 Å². The molecule has 4 heterocycles. The maximum absolute atomic E-state index is 12.7. The first-order valence-corrected chi connectivity index (χ1v) is 22.1. The average Bonchev–Trinajstić information content (AvgIpc) is 3.27. The summed E-state index contributed by atoms with van der Waals surface area (Å²) in [5, 5.41) is 0. The number of morpholine rings is 2. The minimum Gasteiger partial charge on any atom is -0.378 e. The topological polar surface area (TPSA) is 272 Å². The number of hydrogen-bond donors (Lipinski definition) is 6. The van der Waals surface area contributed by atoms with Crippen molar-refractivity contribution >= 4 is 67.0 Å². The molecule has 2 aromatic heterocycles. The van der Waals surface area contributed by atoms with Gasteiger partial charge in [0.15, 0.2) is 0 Å². The Kier molecular flexibility index (Phi) is 12.5. The van der Waals surface area contributed by atoms with Gasteiger partial charge in [0.2, 0.25) is 34.4 Å². The maximum atomic E-state index is 12.7. The van der Waals surface area contributed by atoms with Crippen molar-refractivity contribution in [2.24, 2.45) is 20.0 Å². The van der Waals surface area contributed by atoms with Gasteiger partial charge in [0.1, 0.15) is 9.79 Å². The van der Waals surface area contributed by atoms with E-state index >= 15 is 0 Å². The molecule has 62 heavy (non-hydrogen) atoms.